The molecule has 0 aliphatic carbocycles. The molecule has 24 heavy (non-hydrogen) atoms. The first-order chi connectivity index (χ1) is 11.5. The Morgan fingerprint density at radius 2 is 1.75 bits per heavy atom. The lowest BCUT2D eigenvalue weighted by Gasteiger charge is -2.02. The van der Waals surface area contributed by atoms with Crippen molar-refractivity contribution in [2.45, 2.75) is 19.8 Å². The van der Waals surface area contributed by atoms with Crippen LogP contribution in [0.15, 0.2) is 54.6 Å². The number of hydrogen-bond donors (Lipinski definition) is 1. The van der Waals surface area contributed by atoms with Gasteiger partial charge in [0.2, 0.25) is 0 Å². The van der Waals surface area contributed by atoms with E-state index in [0.29, 0.717) is 21.2 Å². The molecule has 0 spiro atoms. The van der Waals surface area contributed by atoms with Gasteiger partial charge in [-0.05, 0) is 43.5 Å². The van der Waals surface area contributed by atoms with Gasteiger partial charge in [-0.2, -0.15) is 0 Å². The zero-order chi connectivity index (χ0) is 17.1. The molecule has 0 aliphatic rings. The summed E-state index contributed by atoms with van der Waals surface area (Å²) in [5.41, 5.74) is 9.66. The standard InChI is InChI=1S/C20H18ClNOS/c1-13-6-8-14(9-7-13)10-11-15-12-17(20(22)24-15)19(23)16-4-2-3-5-18(16)21/h2-9,12H,10-11,22H2,1H3. The Morgan fingerprint density at radius 1 is 1.04 bits per heavy atom. The monoisotopic (exact) mass is 355 g/mol. The molecule has 1 heterocycles. The van der Waals surface area contributed by atoms with Gasteiger partial charge < -0.3 is 5.73 Å². The zero-order valence-corrected chi connectivity index (χ0v) is 15.0. The molecule has 0 radical (unpaired) electrons. The second-order valence-corrected chi connectivity index (χ2v) is 7.36. The Balaban J connectivity index is 1.76. The molecule has 0 fully saturated rings. The van der Waals surface area contributed by atoms with Crippen LogP contribution in [-0.4, -0.2) is 5.78 Å². The highest BCUT2D eigenvalue weighted by Crippen LogP contribution is 2.30. The molecule has 3 aromatic rings. The van der Waals surface area contributed by atoms with Gasteiger partial charge in [-0.25, -0.2) is 0 Å². The summed E-state index contributed by atoms with van der Waals surface area (Å²) in [6.07, 6.45) is 1.80. The van der Waals surface area contributed by atoms with Crippen LogP contribution >= 0.6 is 22.9 Å². The van der Waals surface area contributed by atoms with Crippen LogP contribution in [0.2, 0.25) is 5.02 Å². The maximum Gasteiger partial charge on any atom is 0.197 e. The number of halogens is 1. The van der Waals surface area contributed by atoms with Crippen molar-refractivity contribution in [3.8, 4) is 0 Å². The zero-order valence-electron chi connectivity index (χ0n) is 13.4. The molecule has 0 amide bonds. The van der Waals surface area contributed by atoms with Gasteiger partial charge in [-0.1, -0.05) is 53.6 Å². The normalized spacial score (nSPS) is 10.8. The minimum absolute atomic E-state index is 0.115. The van der Waals surface area contributed by atoms with E-state index < -0.39 is 0 Å². The lowest BCUT2D eigenvalue weighted by Crippen LogP contribution is -2.03. The third kappa shape index (κ3) is 3.69. The summed E-state index contributed by atoms with van der Waals surface area (Å²) in [5, 5.41) is 1.01. The summed E-state index contributed by atoms with van der Waals surface area (Å²) < 4.78 is 0. The van der Waals surface area contributed by atoms with Crippen molar-refractivity contribution in [1.29, 1.82) is 0 Å². The molecule has 0 atom stereocenters. The average Bonchev–Trinajstić information content (AvgIpc) is 2.95. The molecule has 0 bridgehead atoms. The average molecular weight is 356 g/mol. The summed E-state index contributed by atoms with van der Waals surface area (Å²) in [7, 11) is 0. The van der Waals surface area contributed by atoms with E-state index in [4.69, 9.17) is 17.3 Å². The van der Waals surface area contributed by atoms with Crippen LogP contribution in [0.1, 0.15) is 31.9 Å². The van der Waals surface area contributed by atoms with Crippen LogP contribution in [0.5, 0.6) is 0 Å². The highest BCUT2D eigenvalue weighted by Gasteiger charge is 2.18. The van der Waals surface area contributed by atoms with Gasteiger partial charge in [0.1, 0.15) is 0 Å². The Morgan fingerprint density at radius 3 is 2.46 bits per heavy atom. The molecule has 0 unspecified atom stereocenters. The second-order valence-electron chi connectivity index (χ2n) is 5.79. The van der Waals surface area contributed by atoms with E-state index in [1.54, 1.807) is 18.2 Å². The smallest absolute Gasteiger partial charge is 0.197 e. The van der Waals surface area contributed by atoms with Gasteiger partial charge in [0, 0.05) is 10.4 Å². The Labute approximate surface area is 150 Å². The van der Waals surface area contributed by atoms with Crippen LogP contribution in [-0.2, 0) is 12.8 Å². The SMILES string of the molecule is Cc1ccc(CCc2cc(C(=O)c3ccccc3Cl)c(N)s2)cc1. The van der Waals surface area contributed by atoms with Crippen LogP contribution in [0.25, 0.3) is 0 Å². The minimum Gasteiger partial charge on any atom is -0.390 e. The summed E-state index contributed by atoms with van der Waals surface area (Å²) in [4.78, 5) is 13.8. The molecule has 2 aromatic carbocycles. The second kappa shape index (κ2) is 7.20. The number of nitrogen functional groups attached to an aromatic ring is 1. The highest BCUT2D eigenvalue weighted by molar-refractivity contribution is 7.16. The van der Waals surface area contributed by atoms with Gasteiger partial charge in [0.05, 0.1) is 15.6 Å². The number of rotatable bonds is 5. The van der Waals surface area contributed by atoms with Crippen LogP contribution in [0.3, 0.4) is 0 Å². The number of benzene rings is 2. The Kier molecular flexibility index (Phi) is 5.03. The van der Waals surface area contributed by atoms with E-state index in [9.17, 15) is 4.79 Å². The fraction of sp³-hybridized carbons (Fsp3) is 0.150. The van der Waals surface area contributed by atoms with E-state index in [-0.39, 0.29) is 5.78 Å². The molecular formula is C20H18ClNOS. The van der Waals surface area contributed by atoms with E-state index >= 15 is 0 Å². The van der Waals surface area contributed by atoms with Crippen LogP contribution in [0, 0.1) is 6.92 Å². The van der Waals surface area contributed by atoms with Gasteiger partial charge in [-0.15, -0.1) is 11.3 Å². The summed E-state index contributed by atoms with van der Waals surface area (Å²) in [5.74, 6) is -0.115. The van der Waals surface area contributed by atoms with Crippen molar-refractivity contribution < 1.29 is 4.79 Å². The van der Waals surface area contributed by atoms with Gasteiger partial charge >= 0.3 is 0 Å². The summed E-state index contributed by atoms with van der Waals surface area (Å²) >= 11 is 7.60. The fourth-order valence-electron chi connectivity index (χ4n) is 2.57. The Bertz CT molecular complexity index is 868. The number of anilines is 1. The molecule has 4 heteroatoms. The largest absolute Gasteiger partial charge is 0.390 e. The molecule has 0 aliphatic heterocycles. The number of hydrogen-bond acceptors (Lipinski definition) is 3. The van der Waals surface area contributed by atoms with Crippen molar-refractivity contribution in [3.05, 3.63) is 86.8 Å². The molecule has 2 N–H and O–H groups in total. The summed E-state index contributed by atoms with van der Waals surface area (Å²) in [6.45, 7) is 2.08. The highest BCUT2D eigenvalue weighted by atomic mass is 35.5. The van der Waals surface area contributed by atoms with E-state index in [1.807, 2.05) is 12.1 Å². The predicted molar refractivity (Wildman–Crippen MR) is 102 cm³/mol. The Hall–Kier alpha value is -2.10. The van der Waals surface area contributed by atoms with Crippen molar-refractivity contribution in [1.82, 2.24) is 0 Å². The van der Waals surface area contributed by atoms with Gasteiger partial charge in [0.25, 0.3) is 0 Å². The molecular weight excluding hydrogens is 338 g/mol. The van der Waals surface area contributed by atoms with Crippen molar-refractivity contribution in [2.75, 3.05) is 5.73 Å². The lowest BCUT2D eigenvalue weighted by atomic mass is 10.0. The van der Waals surface area contributed by atoms with E-state index in [1.165, 1.54) is 22.5 Å². The fourth-order valence-corrected chi connectivity index (χ4v) is 3.72. The van der Waals surface area contributed by atoms with Crippen molar-refractivity contribution in [3.63, 3.8) is 0 Å². The first-order valence-electron chi connectivity index (χ1n) is 7.77. The van der Waals surface area contributed by atoms with Crippen molar-refractivity contribution in [2.24, 2.45) is 0 Å². The van der Waals surface area contributed by atoms with Gasteiger partial charge in [-0.3, -0.25) is 4.79 Å². The molecule has 2 nitrogen and oxygen atoms in total. The number of nitrogens with two attached hydrogens (primary N) is 1. The van der Waals surface area contributed by atoms with Crippen LogP contribution in [0.4, 0.5) is 5.00 Å². The summed E-state index contributed by atoms with van der Waals surface area (Å²) in [6, 6.07) is 17.5. The third-order valence-electron chi connectivity index (χ3n) is 3.96. The third-order valence-corrected chi connectivity index (χ3v) is 5.31. The van der Waals surface area contributed by atoms with Crippen molar-refractivity contribution >= 4 is 33.7 Å². The number of aryl methyl sites for hydroxylation is 3. The van der Waals surface area contributed by atoms with Crippen LogP contribution < -0.4 is 5.73 Å². The van der Waals surface area contributed by atoms with Gasteiger partial charge in [0.15, 0.2) is 5.78 Å². The topological polar surface area (TPSA) is 43.1 Å². The molecule has 3 rings (SSSR count). The molecule has 122 valence electrons. The number of ketones is 1. The first kappa shape index (κ1) is 16.7. The predicted octanol–water partition coefficient (Wildman–Crippen LogP) is 5.31. The number of thiophene rings is 1. The maximum atomic E-state index is 12.7. The quantitative estimate of drug-likeness (QED) is 0.630. The number of carbonyl (C=O) groups is 1. The first-order valence-corrected chi connectivity index (χ1v) is 8.97. The lowest BCUT2D eigenvalue weighted by molar-refractivity contribution is 0.104. The molecule has 0 saturated carbocycles. The molecule has 0 saturated heterocycles. The number of carbonyl (C=O) groups excluding carboxylic acids is 1. The maximum absolute atomic E-state index is 12.7. The van der Waals surface area contributed by atoms with E-state index in [2.05, 4.69) is 31.2 Å². The van der Waals surface area contributed by atoms with E-state index in [0.717, 1.165) is 17.7 Å². The molecule has 1 aromatic heterocycles. The minimum atomic E-state index is -0.115.